The van der Waals surface area contributed by atoms with Crippen LogP contribution in [-0.2, 0) is 9.59 Å². The summed E-state index contributed by atoms with van der Waals surface area (Å²) < 4.78 is 0. The van der Waals surface area contributed by atoms with E-state index in [1.807, 2.05) is 20.8 Å². The molecule has 4 nitrogen and oxygen atoms in total. The van der Waals surface area contributed by atoms with E-state index in [-0.39, 0.29) is 28.2 Å². The smallest absolute Gasteiger partial charge is 0.225 e. The molecule has 0 bridgehead atoms. The molecule has 0 radical (unpaired) electrons. The van der Waals surface area contributed by atoms with Crippen molar-refractivity contribution in [3.63, 3.8) is 0 Å². The standard InChI is InChI=1S/C21H36N2O2/c1-19(2,3)17(24)16-13-21(16)9-12-22(14-21)18(25)15-7-10-23(11-8-15)20(4,5)6/h15-16H,7-14H2,1-6H3. The van der Waals surface area contributed by atoms with Gasteiger partial charge in [0.1, 0.15) is 5.78 Å². The fraction of sp³-hybridized carbons (Fsp3) is 0.905. The van der Waals surface area contributed by atoms with Crippen LogP contribution in [0.5, 0.6) is 0 Å². The summed E-state index contributed by atoms with van der Waals surface area (Å²) in [6, 6.07) is 0. The van der Waals surface area contributed by atoms with Crippen LogP contribution in [0.3, 0.4) is 0 Å². The Hall–Kier alpha value is -0.900. The molecule has 1 amide bonds. The van der Waals surface area contributed by atoms with Crippen LogP contribution >= 0.6 is 0 Å². The molecule has 3 aliphatic rings. The highest BCUT2D eigenvalue weighted by molar-refractivity contribution is 5.89. The van der Waals surface area contributed by atoms with Gasteiger partial charge in [0, 0.05) is 41.3 Å². The SMILES string of the molecule is CC(C)(C)C(=O)C1CC12CCN(C(=O)C1CCN(C(C)(C)C)CC1)C2. The normalized spacial score (nSPS) is 31.6. The summed E-state index contributed by atoms with van der Waals surface area (Å²) >= 11 is 0. The largest absolute Gasteiger partial charge is 0.342 e. The average Bonchev–Trinajstić information content (AvgIpc) is 3.04. The van der Waals surface area contributed by atoms with Crippen LogP contribution < -0.4 is 0 Å². The third-order valence-corrected chi connectivity index (χ3v) is 6.74. The lowest BCUT2D eigenvalue weighted by Crippen LogP contribution is -2.48. The molecule has 0 N–H and O–H groups in total. The molecule has 2 saturated heterocycles. The Morgan fingerprint density at radius 2 is 1.56 bits per heavy atom. The molecule has 1 spiro atoms. The Balaban J connectivity index is 1.54. The first kappa shape index (κ1) is 18.9. The number of hydrogen-bond donors (Lipinski definition) is 0. The second-order valence-electron chi connectivity index (χ2n) is 10.7. The zero-order chi connectivity index (χ0) is 18.6. The first-order chi connectivity index (χ1) is 11.4. The maximum absolute atomic E-state index is 13.0. The van der Waals surface area contributed by atoms with E-state index in [0.29, 0.717) is 11.7 Å². The van der Waals surface area contributed by atoms with Crippen LogP contribution in [0, 0.1) is 22.7 Å². The molecule has 2 atom stereocenters. The van der Waals surface area contributed by atoms with E-state index in [2.05, 4.69) is 30.6 Å². The van der Waals surface area contributed by atoms with Crippen LogP contribution in [0.15, 0.2) is 0 Å². The number of piperidine rings is 1. The molecule has 1 aliphatic carbocycles. The molecule has 4 heteroatoms. The van der Waals surface area contributed by atoms with Crippen molar-refractivity contribution in [2.24, 2.45) is 22.7 Å². The number of nitrogens with zero attached hydrogens (tertiary/aromatic N) is 2. The summed E-state index contributed by atoms with van der Waals surface area (Å²) in [4.78, 5) is 30.1. The van der Waals surface area contributed by atoms with Crippen molar-refractivity contribution >= 4 is 11.7 Å². The number of ketones is 1. The third kappa shape index (κ3) is 3.65. The average molecular weight is 349 g/mol. The predicted octanol–water partition coefficient (Wildman–Crippen LogP) is 3.35. The topological polar surface area (TPSA) is 40.6 Å². The van der Waals surface area contributed by atoms with Crippen LogP contribution in [0.1, 0.15) is 67.2 Å². The summed E-state index contributed by atoms with van der Waals surface area (Å²) in [5.41, 5.74) is 0.0534. The van der Waals surface area contributed by atoms with Gasteiger partial charge in [0.2, 0.25) is 5.91 Å². The number of carbonyl (C=O) groups is 2. The number of likely N-dealkylation sites (tertiary alicyclic amines) is 2. The molecular weight excluding hydrogens is 312 g/mol. The monoisotopic (exact) mass is 348 g/mol. The van der Waals surface area contributed by atoms with Crippen molar-refractivity contribution in [3.05, 3.63) is 0 Å². The van der Waals surface area contributed by atoms with E-state index in [9.17, 15) is 9.59 Å². The van der Waals surface area contributed by atoms with Crippen molar-refractivity contribution < 1.29 is 9.59 Å². The highest BCUT2D eigenvalue weighted by Gasteiger charge is 2.62. The second kappa shape index (κ2) is 6.07. The Kier molecular flexibility index (Phi) is 4.59. The minimum atomic E-state index is -0.259. The molecule has 0 aromatic carbocycles. The summed E-state index contributed by atoms with van der Waals surface area (Å²) in [7, 11) is 0. The number of carbonyl (C=O) groups excluding carboxylic acids is 2. The van der Waals surface area contributed by atoms with Gasteiger partial charge in [-0.1, -0.05) is 20.8 Å². The van der Waals surface area contributed by atoms with Crippen LogP contribution in [-0.4, -0.2) is 53.2 Å². The fourth-order valence-electron chi connectivity index (χ4n) is 4.83. The van der Waals surface area contributed by atoms with Crippen LogP contribution in [0.4, 0.5) is 0 Å². The van der Waals surface area contributed by atoms with Gasteiger partial charge in [0.25, 0.3) is 0 Å². The maximum Gasteiger partial charge on any atom is 0.225 e. The van der Waals surface area contributed by atoms with E-state index in [1.165, 1.54) is 0 Å². The lowest BCUT2D eigenvalue weighted by atomic mass is 9.85. The van der Waals surface area contributed by atoms with Gasteiger partial charge >= 0.3 is 0 Å². The van der Waals surface area contributed by atoms with Crippen molar-refractivity contribution in [3.8, 4) is 0 Å². The molecule has 25 heavy (non-hydrogen) atoms. The summed E-state index contributed by atoms with van der Waals surface area (Å²) in [6.07, 6.45) is 3.97. The lowest BCUT2D eigenvalue weighted by molar-refractivity contribution is -0.137. The van der Waals surface area contributed by atoms with Crippen LogP contribution in [0.2, 0.25) is 0 Å². The highest BCUT2D eigenvalue weighted by atomic mass is 16.2. The molecule has 0 aromatic rings. The van der Waals surface area contributed by atoms with Gasteiger partial charge in [-0.3, -0.25) is 14.5 Å². The molecule has 1 saturated carbocycles. The van der Waals surface area contributed by atoms with Gasteiger partial charge in [-0.25, -0.2) is 0 Å². The molecular formula is C21H36N2O2. The highest BCUT2D eigenvalue weighted by Crippen LogP contribution is 2.60. The summed E-state index contributed by atoms with van der Waals surface area (Å²) in [6.45, 7) is 16.5. The van der Waals surface area contributed by atoms with Gasteiger partial charge < -0.3 is 4.90 Å². The Morgan fingerprint density at radius 1 is 0.960 bits per heavy atom. The number of rotatable bonds is 2. The second-order valence-corrected chi connectivity index (χ2v) is 10.7. The predicted molar refractivity (Wildman–Crippen MR) is 100 cm³/mol. The first-order valence-corrected chi connectivity index (χ1v) is 10.0. The molecule has 2 unspecified atom stereocenters. The minimum absolute atomic E-state index is 0.117. The molecule has 0 aromatic heterocycles. The molecule has 2 aliphatic heterocycles. The van der Waals surface area contributed by atoms with E-state index in [0.717, 1.165) is 51.9 Å². The summed E-state index contributed by atoms with van der Waals surface area (Å²) in [5, 5.41) is 0. The van der Waals surface area contributed by atoms with E-state index in [4.69, 9.17) is 0 Å². The van der Waals surface area contributed by atoms with Gasteiger partial charge in [0.15, 0.2) is 0 Å². The minimum Gasteiger partial charge on any atom is -0.342 e. The number of amides is 1. The quantitative estimate of drug-likeness (QED) is 0.768. The van der Waals surface area contributed by atoms with Crippen molar-refractivity contribution in [2.75, 3.05) is 26.2 Å². The molecule has 3 rings (SSSR count). The van der Waals surface area contributed by atoms with Crippen molar-refractivity contribution in [1.29, 1.82) is 0 Å². The van der Waals surface area contributed by atoms with E-state index in [1.54, 1.807) is 0 Å². The first-order valence-electron chi connectivity index (χ1n) is 10.0. The van der Waals surface area contributed by atoms with Gasteiger partial charge in [-0.2, -0.15) is 0 Å². The fourth-order valence-corrected chi connectivity index (χ4v) is 4.83. The Bertz CT molecular complexity index is 549. The van der Waals surface area contributed by atoms with Crippen LogP contribution in [0.25, 0.3) is 0 Å². The van der Waals surface area contributed by atoms with Gasteiger partial charge in [0.05, 0.1) is 0 Å². The molecule has 2 heterocycles. The van der Waals surface area contributed by atoms with Gasteiger partial charge in [-0.05, 0) is 59.5 Å². The third-order valence-electron chi connectivity index (χ3n) is 6.74. The summed E-state index contributed by atoms with van der Waals surface area (Å²) in [5.74, 6) is 1.11. The zero-order valence-electron chi connectivity index (χ0n) is 17.0. The molecule has 142 valence electrons. The van der Waals surface area contributed by atoms with E-state index < -0.39 is 0 Å². The van der Waals surface area contributed by atoms with E-state index >= 15 is 0 Å². The van der Waals surface area contributed by atoms with Crippen molar-refractivity contribution in [2.45, 2.75) is 72.8 Å². The van der Waals surface area contributed by atoms with Gasteiger partial charge in [-0.15, -0.1) is 0 Å². The number of Topliss-reactive ketones (excluding diaryl/α,β-unsaturated/α-hetero) is 1. The molecule has 3 fully saturated rings. The Labute approximate surface area is 153 Å². The number of hydrogen-bond acceptors (Lipinski definition) is 3. The Morgan fingerprint density at radius 3 is 2.08 bits per heavy atom. The zero-order valence-corrected chi connectivity index (χ0v) is 17.0. The lowest BCUT2D eigenvalue weighted by Gasteiger charge is -2.41. The van der Waals surface area contributed by atoms with Crippen molar-refractivity contribution in [1.82, 2.24) is 9.80 Å². The maximum atomic E-state index is 13.0.